The van der Waals surface area contributed by atoms with Gasteiger partial charge in [0, 0.05) is 24.8 Å². The molecule has 0 saturated carbocycles. The molecule has 1 N–H and O–H groups in total. The molecule has 5 heteroatoms. The number of hydrogen-bond acceptors (Lipinski definition) is 4. The molecule has 0 aliphatic rings. The van der Waals surface area contributed by atoms with Crippen molar-refractivity contribution in [2.75, 3.05) is 18.4 Å². The molecule has 0 saturated heterocycles. The minimum atomic E-state index is -0.0294. The molecule has 0 unspecified atom stereocenters. The van der Waals surface area contributed by atoms with Gasteiger partial charge in [0.25, 0.3) is 5.91 Å². The topological polar surface area (TPSA) is 58.1 Å². The van der Waals surface area contributed by atoms with E-state index in [-0.39, 0.29) is 5.91 Å². The Balaban J connectivity index is 2.30. The SMILES string of the molecule is CCCN(CCC)C(=O)c1cc(Nc2cccc(C)c2C)nc(C)n1. The second-order valence-electron chi connectivity index (χ2n) is 6.35. The van der Waals surface area contributed by atoms with Crippen LogP contribution in [0.3, 0.4) is 0 Å². The number of amides is 1. The van der Waals surface area contributed by atoms with Gasteiger partial charge in [-0.1, -0.05) is 26.0 Å². The van der Waals surface area contributed by atoms with Crippen LogP contribution in [0.2, 0.25) is 0 Å². The molecule has 25 heavy (non-hydrogen) atoms. The Hall–Kier alpha value is -2.43. The molecule has 0 spiro atoms. The lowest BCUT2D eigenvalue weighted by Gasteiger charge is -2.21. The van der Waals surface area contributed by atoms with Crippen molar-refractivity contribution in [1.29, 1.82) is 0 Å². The number of nitrogens with one attached hydrogen (secondary N) is 1. The number of anilines is 2. The summed E-state index contributed by atoms with van der Waals surface area (Å²) in [6.45, 7) is 11.6. The van der Waals surface area contributed by atoms with Crippen LogP contribution in [0.1, 0.15) is 54.1 Å². The van der Waals surface area contributed by atoms with Crippen LogP contribution in [0.5, 0.6) is 0 Å². The Labute approximate surface area is 150 Å². The predicted octanol–water partition coefficient (Wildman–Crippen LogP) is 4.41. The van der Waals surface area contributed by atoms with E-state index >= 15 is 0 Å². The minimum absolute atomic E-state index is 0.0294. The van der Waals surface area contributed by atoms with Crippen LogP contribution in [0.15, 0.2) is 24.3 Å². The molecule has 1 aromatic carbocycles. The lowest BCUT2D eigenvalue weighted by Crippen LogP contribution is -2.33. The predicted molar refractivity (Wildman–Crippen MR) is 102 cm³/mol. The molecule has 0 bridgehead atoms. The summed E-state index contributed by atoms with van der Waals surface area (Å²) in [7, 11) is 0. The van der Waals surface area contributed by atoms with Crippen molar-refractivity contribution >= 4 is 17.4 Å². The summed E-state index contributed by atoms with van der Waals surface area (Å²) >= 11 is 0. The highest BCUT2D eigenvalue weighted by Gasteiger charge is 2.17. The molecule has 0 aliphatic heterocycles. The molecule has 5 nitrogen and oxygen atoms in total. The van der Waals surface area contributed by atoms with E-state index in [0.29, 0.717) is 17.3 Å². The van der Waals surface area contributed by atoms with E-state index in [1.54, 1.807) is 6.07 Å². The fourth-order valence-electron chi connectivity index (χ4n) is 2.78. The molecule has 0 atom stereocenters. The highest BCUT2D eigenvalue weighted by Crippen LogP contribution is 2.22. The first-order valence-electron chi connectivity index (χ1n) is 8.94. The van der Waals surface area contributed by atoms with Crippen LogP contribution in [-0.2, 0) is 0 Å². The molecule has 134 valence electrons. The molecule has 1 heterocycles. The summed E-state index contributed by atoms with van der Waals surface area (Å²) in [4.78, 5) is 23.5. The molecule has 2 rings (SSSR count). The third kappa shape index (κ3) is 4.78. The summed E-state index contributed by atoms with van der Waals surface area (Å²) < 4.78 is 0. The van der Waals surface area contributed by atoms with Crippen LogP contribution in [0.4, 0.5) is 11.5 Å². The van der Waals surface area contributed by atoms with Gasteiger partial charge in [-0.2, -0.15) is 0 Å². The minimum Gasteiger partial charge on any atom is -0.340 e. The first kappa shape index (κ1) is 18.9. The average molecular weight is 340 g/mol. The van der Waals surface area contributed by atoms with E-state index in [2.05, 4.69) is 49.0 Å². The maximum absolute atomic E-state index is 12.8. The van der Waals surface area contributed by atoms with Gasteiger partial charge in [0.15, 0.2) is 0 Å². The summed E-state index contributed by atoms with van der Waals surface area (Å²) in [6.07, 6.45) is 1.87. The van der Waals surface area contributed by atoms with E-state index in [1.807, 2.05) is 24.0 Å². The second-order valence-corrected chi connectivity index (χ2v) is 6.35. The first-order chi connectivity index (χ1) is 12.0. The lowest BCUT2D eigenvalue weighted by molar-refractivity contribution is 0.0749. The number of rotatable bonds is 7. The number of carbonyl (C=O) groups is 1. The van der Waals surface area contributed by atoms with Gasteiger partial charge in [0.05, 0.1) is 0 Å². The standard InChI is InChI=1S/C20H28N4O/c1-6-11-24(12-7-2)20(25)18-13-19(22-16(5)21-18)23-17-10-8-9-14(3)15(17)4/h8-10,13H,6-7,11-12H2,1-5H3,(H,21,22,23). The van der Waals surface area contributed by atoms with Gasteiger partial charge in [-0.15, -0.1) is 0 Å². The highest BCUT2D eigenvalue weighted by atomic mass is 16.2. The number of aryl methyl sites for hydroxylation is 2. The summed E-state index contributed by atoms with van der Waals surface area (Å²) in [6, 6.07) is 7.85. The smallest absolute Gasteiger partial charge is 0.272 e. The molecule has 0 aliphatic carbocycles. The Kier molecular flexibility index (Phi) is 6.51. The van der Waals surface area contributed by atoms with Crippen molar-refractivity contribution in [3.05, 3.63) is 46.9 Å². The van der Waals surface area contributed by atoms with Gasteiger partial charge in [-0.3, -0.25) is 4.79 Å². The van der Waals surface area contributed by atoms with Crippen molar-refractivity contribution in [3.63, 3.8) is 0 Å². The quantitative estimate of drug-likeness (QED) is 0.811. The fraction of sp³-hybridized carbons (Fsp3) is 0.450. The van der Waals surface area contributed by atoms with E-state index in [9.17, 15) is 4.79 Å². The Morgan fingerprint density at radius 1 is 1.08 bits per heavy atom. The molecular weight excluding hydrogens is 312 g/mol. The maximum Gasteiger partial charge on any atom is 0.272 e. The summed E-state index contributed by atoms with van der Waals surface area (Å²) in [5.41, 5.74) is 3.83. The van der Waals surface area contributed by atoms with Crippen molar-refractivity contribution in [3.8, 4) is 0 Å². The van der Waals surface area contributed by atoms with Gasteiger partial charge < -0.3 is 10.2 Å². The zero-order valence-electron chi connectivity index (χ0n) is 15.9. The molecule has 1 amide bonds. The lowest BCUT2D eigenvalue weighted by atomic mass is 10.1. The fourth-order valence-corrected chi connectivity index (χ4v) is 2.78. The normalized spacial score (nSPS) is 10.6. The second kappa shape index (κ2) is 8.60. The van der Waals surface area contributed by atoms with Crippen molar-refractivity contribution in [2.24, 2.45) is 0 Å². The number of aromatic nitrogens is 2. The van der Waals surface area contributed by atoms with Crippen LogP contribution < -0.4 is 5.32 Å². The van der Waals surface area contributed by atoms with Crippen LogP contribution in [-0.4, -0.2) is 33.9 Å². The van der Waals surface area contributed by atoms with E-state index in [1.165, 1.54) is 11.1 Å². The zero-order valence-corrected chi connectivity index (χ0v) is 15.9. The van der Waals surface area contributed by atoms with Crippen LogP contribution in [0, 0.1) is 20.8 Å². The Morgan fingerprint density at radius 3 is 2.40 bits per heavy atom. The van der Waals surface area contributed by atoms with Crippen LogP contribution in [0.25, 0.3) is 0 Å². The molecular formula is C20H28N4O. The van der Waals surface area contributed by atoms with Gasteiger partial charge in [0.2, 0.25) is 0 Å². The van der Waals surface area contributed by atoms with Gasteiger partial charge in [-0.05, 0) is 50.8 Å². The van der Waals surface area contributed by atoms with Crippen LogP contribution >= 0.6 is 0 Å². The highest BCUT2D eigenvalue weighted by molar-refractivity contribution is 5.93. The number of benzene rings is 1. The molecule has 1 aromatic heterocycles. The largest absolute Gasteiger partial charge is 0.340 e. The monoisotopic (exact) mass is 340 g/mol. The Morgan fingerprint density at radius 2 is 1.76 bits per heavy atom. The third-order valence-corrected chi connectivity index (χ3v) is 4.20. The van der Waals surface area contributed by atoms with Crippen molar-refractivity contribution < 1.29 is 4.79 Å². The zero-order chi connectivity index (χ0) is 18.4. The van der Waals surface area contributed by atoms with E-state index < -0.39 is 0 Å². The van der Waals surface area contributed by atoms with Gasteiger partial charge in [0.1, 0.15) is 17.3 Å². The molecule has 0 radical (unpaired) electrons. The first-order valence-corrected chi connectivity index (χ1v) is 8.94. The summed E-state index contributed by atoms with van der Waals surface area (Å²) in [5, 5.41) is 3.33. The number of carbonyl (C=O) groups excluding carboxylic acids is 1. The maximum atomic E-state index is 12.8. The summed E-state index contributed by atoms with van der Waals surface area (Å²) in [5.74, 6) is 1.21. The molecule has 2 aromatic rings. The Bertz CT molecular complexity index is 736. The number of nitrogens with zero attached hydrogens (tertiary/aromatic N) is 3. The average Bonchev–Trinajstić information content (AvgIpc) is 2.57. The van der Waals surface area contributed by atoms with E-state index in [0.717, 1.165) is 31.6 Å². The van der Waals surface area contributed by atoms with Gasteiger partial charge in [-0.25, -0.2) is 9.97 Å². The third-order valence-electron chi connectivity index (χ3n) is 4.20. The molecule has 0 fully saturated rings. The van der Waals surface area contributed by atoms with Gasteiger partial charge >= 0.3 is 0 Å². The van der Waals surface area contributed by atoms with E-state index in [4.69, 9.17) is 0 Å². The number of hydrogen-bond donors (Lipinski definition) is 1. The van der Waals surface area contributed by atoms with Crippen molar-refractivity contribution in [2.45, 2.75) is 47.5 Å². The van der Waals surface area contributed by atoms with Crippen molar-refractivity contribution in [1.82, 2.24) is 14.9 Å².